The summed E-state index contributed by atoms with van der Waals surface area (Å²) in [6.07, 6.45) is 1.66. The van der Waals surface area contributed by atoms with Crippen molar-refractivity contribution < 1.29 is 0 Å². The predicted molar refractivity (Wildman–Crippen MR) is 75.6 cm³/mol. The highest BCUT2D eigenvalue weighted by atomic mass is 32.1. The second-order valence-corrected chi connectivity index (χ2v) is 4.54. The molecule has 18 heavy (non-hydrogen) atoms. The largest absolute Gasteiger partial charge is 0.383 e. The Morgan fingerprint density at radius 2 is 2.00 bits per heavy atom. The van der Waals surface area contributed by atoms with Crippen LogP contribution in [0.25, 0.3) is 11.0 Å². The van der Waals surface area contributed by atoms with E-state index in [2.05, 4.69) is 27.6 Å². The summed E-state index contributed by atoms with van der Waals surface area (Å²) in [6, 6.07) is 11.6. The maximum atomic E-state index is 5.85. The molecule has 1 atom stereocenters. The topological polar surface area (TPSA) is 67.6 Å². The van der Waals surface area contributed by atoms with Crippen molar-refractivity contribution in [2.45, 2.75) is 5.25 Å². The van der Waals surface area contributed by atoms with Crippen LogP contribution in [0.15, 0.2) is 42.6 Å². The van der Waals surface area contributed by atoms with Crippen LogP contribution in [0, 0.1) is 0 Å². The lowest BCUT2D eigenvalue weighted by molar-refractivity contribution is 1.01. The quantitative estimate of drug-likeness (QED) is 0.617. The molecule has 90 valence electrons. The zero-order valence-electron chi connectivity index (χ0n) is 9.54. The maximum Gasteiger partial charge on any atom is 0.128 e. The Hall–Kier alpha value is -2.01. The van der Waals surface area contributed by atoms with Gasteiger partial charge in [0.05, 0.1) is 16.3 Å². The molecule has 0 radical (unpaired) electrons. The van der Waals surface area contributed by atoms with Crippen LogP contribution in [0.4, 0.5) is 5.82 Å². The Morgan fingerprint density at radius 3 is 2.78 bits per heavy atom. The van der Waals surface area contributed by atoms with Crippen LogP contribution in [0.2, 0.25) is 0 Å². The van der Waals surface area contributed by atoms with Crippen LogP contribution in [0.1, 0.15) is 16.6 Å². The van der Waals surface area contributed by atoms with Crippen LogP contribution in [-0.2, 0) is 0 Å². The fourth-order valence-electron chi connectivity index (χ4n) is 1.91. The molecule has 4 nitrogen and oxygen atoms in total. The number of thiol groups is 1. The second kappa shape index (κ2) is 4.34. The van der Waals surface area contributed by atoms with Crippen LogP contribution in [0.5, 0.6) is 0 Å². The number of nitrogen functional groups attached to an aromatic ring is 1. The number of H-pyrrole nitrogens is 1. The number of fused-ring (bicyclic) bond motifs is 1. The third-order valence-electron chi connectivity index (χ3n) is 2.83. The van der Waals surface area contributed by atoms with Crippen molar-refractivity contribution in [2.24, 2.45) is 0 Å². The summed E-state index contributed by atoms with van der Waals surface area (Å²) >= 11 is 4.58. The number of rotatable bonds is 2. The van der Waals surface area contributed by atoms with E-state index >= 15 is 0 Å². The number of imidazole rings is 1. The third kappa shape index (κ3) is 1.82. The average molecular weight is 256 g/mol. The van der Waals surface area contributed by atoms with E-state index in [0.29, 0.717) is 5.82 Å². The average Bonchev–Trinajstić information content (AvgIpc) is 2.82. The zero-order valence-corrected chi connectivity index (χ0v) is 10.4. The van der Waals surface area contributed by atoms with Gasteiger partial charge in [-0.05, 0) is 18.2 Å². The maximum absolute atomic E-state index is 5.85. The third-order valence-corrected chi connectivity index (χ3v) is 3.36. The minimum absolute atomic E-state index is 0.203. The van der Waals surface area contributed by atoms with Gasteiger partial charge in [0.1, 0.15) is 11.6 Å². The lowest BCUT2D eigenvalue weighted by atomic mass is 10.2. The summed E-state index contributed by atoms with van der Waals surface area (Å²) in [7, 11) is 0. The smallest absolute Gasteiger partial charge is 0.128 e. The number of aromatic amines is 1. The molecule has 5 heteroatoms. The van der Waals surface area contributed by atoms with E-state index in [-0.39, 0.29) is 5.25 Å². The number of benzene rings is 1. The molecule has 0 saturated heterocycles. The van der Waals surface area contributed by atoms with Gasteiger partial charge >= 0.3 is 0 Å². The number of pyridine rings is 1. The molecular weight excluding hydrogens is 244 g/mol. The first-order chi connectivity index (χ1) is 8.75. The Balaban J connectivity index is 2.07. The monoisotopic (exact) mass is 256 g/mol. The number of para-hydroxylation sites is 2. The molecular formula is C13H12N4S. The molecule has 0 aliphatic heterocycles. The van der Waals surface area contributed by atoms with Gasteiger partial charge in [0, 0.05) is 11.8 Å². The summed E-state index contributed by atoms with van der Waals surface area (Å²) in [5, 5.41) is -0.203. The zero-order chi connectivity index (χ0) is 12.5. The first-order valence-electron chi connectivity index (χ1n) is 5.59. The van der Waals surface area contributed by atoms with Crippen LogP contribution >= 0.6 is 12.6 Å². The molecule has 0 fully saturated rings. The van der Waals surface area contributed by atoms with Crippen molar-refractivity contribution in [3.05, 3.63) is 54.0 Å². The molecule has 0 amide bonds. The van der Waals surface area contributed by atoms with Crippen molar-refractivity contribution in [3.63, 3.8) is 0 Å². The molecule has 1 unspecified atom stereocenters. The highest BCUT2D eigenvalue weighted by molar-refractivity contribution is 7.80. The summed E-state index contributed by atoms with van der Waals surface area (Å²) < 4.78 is 0. The molecule has 2 aromatic heterocycles. The second-order valence-electron chi connectivity index (χ2n) is 4.02. The van der Waals surface area contributed by atoms with Crippen molar-refractivity contribution in [2.75, 3.05) is 5.73 Å². The minimum atomic E-state index is -0.203. The van der Waals surface area contributed by atoms with Gasteiger partial charge in [-0.2, -0.15) is 12.6 Å². The number of aromatic nitrogens is 3. The summed E-state index contributed by atoms with van der Waals surface area (Å²) in [5.41, 5.74) is 8.63. The summed E-state index contributed by atoms with van der Waals surface area (Å²) in [4.78, 5) is 11.8. The molecule has 3 aromatic rings. The van der Waals surface area contributed by atoms with Crippen LogP contribution in [0.3, 0.4) is 0 Å². The van der Waals surface area contributed by atoms with Gasteiger partial charge in [-0.1, -0.05) is 18.2 Å². The molecule has 0 spiro atoms. The van der Waals surface area contributed by atoms with Gasteiger partial charge in [0.15, 0.2) is 0 Å². The number of hydrogen-bond donors (Lipinski definition) is 3. The van der Waals surface area contributed by atoms with Gasteiger partial charge in [-0.25, -0.2) is 9.97 Å². The lowest BCUT2D eigenvalue weighted by Crippen LogP contribution is -2.02. The van der Waals surface area contributed by atoms with Gasteiger partial charge in [0.25, 0.3) is 0 Å². The van der Waals surface area contributed by atoms with Crippen molar-refractivity contribution in [1.29, 1.82) is 0 Å². The fraction of sp³-hybridized carbons (Fsp3) is 0.0769. The van der Waals surface area contributed by atoms with Crippen LogP contribution < -0.4 is 5.73 Å². The van der Waals surface area contributed by atoms with E-state index in [0.717, 1.165) is 22.4 Å². The van der Waals surface area contributed by atoms with E-state index in [9.17, 15) is 0 Å². The minimum Gasteiger partial charge on any atom is -0.383 e. The van der Waals surface area contributed by atoms with Gasteiger partial charge < -0.3 is 10.7 Å². The van der Waals surface area contributed by atoms with Gasteiger partial charge in [-0.15, -0.1) is 0 Å². The van der Waals surface area contributed by atoms with Crippen molar-refractivity contribution in [1.82, 2.24) is 15.0 Å². The Labute approximate surface area is 110 Å². The standard InChI is InChI=1S/C13H12N4S/c14-12-8(4-3-7-15-12)11(18)13-16-9-5-1-2-6-10(9)17-13/h1-7,11,18H,(H2,14,15)(H,16,17). The van der Waals surface area contributed by atoms with Crippen LogP contribution in [-0.4, -0.2) is 15.0 Å². The molecule has 1 aromatic carbocycles. The Kier molecular flexibility index (Phi) is 2.68. The number of nitrogens with zero attached hydrogens (tertiary/aromatic N) is 2. The van der Waals surface area contributed by atoms with E-state index in [1.54, 1.807) is 6.20 Å². The Bertz CT molecular complexity index is 659. The Morgan fingerprint density at radius 1 is 1.17 bits per heavy atom. The number of nitrogens with one attached hydrogen (secondary N) is 1. The van der Waals surface area contributed by atoms with Crippen molar-refractivity contribution >= 4 is 29.5 Å². The van der Waals surface area contributed by atoms with Gasteiger partial charge in [0.2, 0.25) is 0 Å². The van der Waals surface area contributed by atoms with E-state index < -0.39 is 0 Å². The molecule has 3 N–H and O–H groups in total. The molecule has 0 bridgehead atoms. The highest BCUT2D eigenvalue weighted by Crippen LogP contribution is 2.30. The first-order valence-corrected chi connectivity index (χ1v) is 6.10. The van der Waals surface area contributed by atoms with E-state index in [1.807, 2.05) is 36.4 Å². The number of anilines is 1. The lowest BCUT2D eigenvalue weighted by Gasteiger charge is -2.09. The van der Waals surface area contributed by atoms with E-state index in [1.165, 1.54) is 0 Å². The highest BCUT2D eigenvalue weighted by Gasteiger charge is 2.16. The first kappa shape index (κ1) is 11.1. The molecule has 3 rings (SSSR count). The SMILES string of the molecule is Nc1ncccc1C(S)c1nc2ccccc2[nH]1. The van der Waals surface area contributed by atoms with Crippen molar-refractivity contribution in [3.8, 4) is 0 Å². The predicted octanol–water partition coefficient (Wildman–Crippen LogP) is 2.56. The molecule has 0 saturated carbocycles. The normalized spacial score (nSPS) is 12.7. The molecule has 2 heterocycles. The van der Waals surface area contributed by atoms with E-state index in [4.69, 9.17) is 5.73 Å². The fourth-order valence-corrected chi connectivity index (χ4v) is 2.25. The summed E-state index contributed by atoms with van der Waals surface area (Å²) in [6.45, 7) is 0. The molecule has 0 aliphatic carbocycles. The summed E-state index contributed by atoms with van der Waals surface area (Å²) in [5.74, 6) is 1.26. The number of nitrogens with two attached hydrogens (primary N) is 1. The number of hydrogen-bond acceptors (Lipinski definition) is 4. The van der Waals surface area contributed by atoms with Gasteiger partial charge in [-0.3, -0.25) is 0 Å². The molecule has 0 aliphatic rings.